The van der Waals surface area contributed by atoms with Gasteiger partial charge in [-0.05, 0) is 44.1 Å². The Morgan fingerprint density at radius 1 is 1.15 bits per heavy atom. The average Bonchev–Trinajstić information content (AvgIpc) is 2.65. The minimum atomic E-state index is 0.385. The summed E-state index contributed by atoms with van der Waals surface area (Å²) in [5.74, 6) is 0.897. The van der Waals surface area contributed by atoms with E-state index in [1.807, 2.05) is 0 Å². The molecule has 0 spiro atoms. The van der Waals surface area contributed by atoms with Gasteiger partial charge in [0.15, 0.2) is 0 Å². The third-order valence-electron chi connectivity index (χ3n) is 5.28. The van der Waals surface area contributed by atoms with Crippen molar-refractivity contribution in [3.8, 4) is 0 Å². The minimum absolute atomic E-state index is 0.385. The minimum Gasteiger partial charge on any atom is -0.374 e. The van der Waals surface area contributed by atoms with Crippen LogP contribution in [-0.4, -0.2) is 50.3 Å². The van der Waals surface area contributed by atoms with Gasteiger partial charge in [-0.2, -0.15) is 0 Å². The maximum Gasteiger partial charge on any atom is 0.0826 e. The normalized spacial score (nSPS) is 33.1. The molecule has 1 heterocycles. The van der Waals surface area contributed by atoms with Gasteiger partial charge in [0, 0.05) is 25.7 Å². The first kappa shape index (κ1) is 16.3. The Labute approximate surface area is 125 Å². The Hall–Kier alpha value is -0.120. The lowest BCUT2D eigenvalue weighted by Crippen LogP contribution is -2.46. The van der Waals surface area contributed by atoms with Crippen LogP contribution in [0.2, 0.25) is 0 Å². The Balaban J connectivity index is 1.80. The van der Waals surface area contributed by atoms with Crippen LogP contribution in [0.5, 0.6) is 0 Å². The molecule has 0 amide bonds. The van der Waals surface area contributed by atoms with Crippen molar-refractivity contribution in [3.63, 3.8) is 0 Å². The molecule has 20 heavy (non-hydrogen) atoms. The van der Waals surface area contributed by atoms with Crippen LogP contribution >= 0.6 is 0 Å². The number of morpholine rings is 1. The van der Waals surface area contributed by atoms with E-state index in [4.69, 9.17) is 4.74 Å². The van der Waals surface area contributed by atoms with E-state index in [0.29, 0.717) is 11.5 Å². The summed E-state index contributed by atoms with van der Waals surface area (Å²) in [6, 6.07) is 0.757. The molecule has 2 rings (SSSR count). The van der Waals surface area contributed by atoms with Gasteiger partial charge in [-0.25, -0.2) is 0 Å². The molecule has 2 aliphatic rings. The highest BCUT2D eigenvalue weighted by molar-refractivity contribution is 4.83. The maximum atomic E-state index is 5.84. The molecule has 118 valence electrons. The molecule has 1 N–H and O–H groups in total. The van der Waals surface area contributed by atoms with Crippen molar-refractivity contribution in [1.82, 2.24) is 10.2 Å². The Bertz CT molecular complexity index is 281. The number of likely N-dealkylation sites (N-methyl/N-ethyl adjacent to an activating group) is 1. The van der Waals surface area contributed by atoms with Crippen molar-refractivity contribution in [2.24, 2.45) is 11.3 Å². The average molecular weight is 282 g/mol. The van der Waals surface area contributed by atoms with Crippen LogP contribution in [0.4, 0.5) is 0 Å². The zero-order valence-corrected chi connectivity index (χ0v) is 14.0. The van der Waals surface area contributed by atoms with Gasteiger partial charge in [-0.1, -0.05) is 27.2 Å². The van der Waals surface area contributed by atoms with Gasteiger partial charge in [-0.3, -0.25) is 0 Å². The summed E-state index contributed by atoms with van der Waals surface area (Å²) >= 11 is 0. The fourth-order valence-corrected chi connectivity index (χ4v) is 3.80. The molecule has 0 aromatic carbocycles. The lowest BCUT2D eigenvalue weighted by Gasteiger charge is -2.33. The first-order valence-corrected chi connectivity index (χ1v) is 8.49. The van der Waals surface area contributed by atoms with Crippen molar-refractivity contribution < 1.29 is 4.74 Å². The predicted octanol–water partition coefficient (Wildman–Crippen LogP) is 2.90. The molecule has 3 nitrogen and oxygen atoms in total. The van der Waals surface area contributed by atoms with Crippen molar-refractivity contribution in [2.75, 3.05) is 33.3 Å². The molecule has 1 aliphatic carbocycles. The predicted molar refractivity (Wildman–Crippen MR) is 85.1 cm³/mol. The molecule has 0 radical (unpaired) electrons. The number of nitrogens with one attached hydrogen (secondary N) is 1. The van der Waals surface area contributed by atoms with Gasteiger partial charge in [0.25, 0.3) is 0 Å². The van der Waals surface area contributed by atoms with Gasteiger partial charge in [0.1, 0.15) is 0 Å². The van der Waals surface area contributed by atoms with Crippen molar-refractivity contribution in [2.45, 2.75) is 65.0 Å². The molecule has 0 aromatic heterocycles. The summed E-state index contributed by atoms with van der Waals surface area (Å²) in [6.07, 6.45) is 7.30. The summed E-state index contributed by atoms with van der Waals surface area (Å²) in [7, 11) is 2.29. The quantitative estimate of drug-likeness (QED) is 0.806. The highest BCUT2D eigenvalue weighted by atomic mass is 16.5. The molecular weight excluding hydrogens is 248 g/mol. The van der Waals surface area contributed by atoms with E-state index in [0.717, 1.165) is 38.2 Å². The molecular formula is C17H34N2O. The van der Waals surface area contributed by atoms with E-state index < -0.39 is 0 Å². The van der Waals surface area contributed by atoms with Crippen LogP contribution in [0, 0.1) is 11.3 Å². The zero-order chi connectivity index (χ0) is 14.6. The van der Waals surface area contributed by atoms with Crippen LogP contribution in [0.25, 0.3) is 0 Å². The molecule has 1 saturated heterocycles. The van der Waals surface area contributed by atoms with Crippen LogP contribution in [0.3, 0.4) is 0 Å². The van der Waals surface area contributed by atoms with Gasteiger partial charge in [-0.15, -0.1) is 0 Å². The molecule has 3 atom stereocenters. The van der Waals surface area contributed by atoms with Crippen LogP contribution in [0.15, 0.2) is 0 Å². The lowest BCUT2D eigenvalue weighted by molar-refractivity contribution is 0.00142. The Morgan fingerprint density at radius 2 is 1.95 bits per heavy atom. The van der Waals surface area contributed by atoms with E-state index >= 15 is 0 Å². The smallest absolute Gasteiger partial charge is 0.0826 e. The van der Waals surface area contributed by atoms with Crippen LogP contribution in [-0.2, 0) is 4.74 Å². The first-order valence-electron chi connectivity index (χ1n) is 8.49. The largest absolute Gasteiger partial charge is 0.374 e. The second-order valence-corrected chi connectivity index (χ2v) is 7.86. The molecule has 3 heteroatoms. The van der Waals surface area contributed by atoms with Crippen molar-refractivity contribution in [1.29, 1.82) is 0 Å². The number of hydrogen-bond acceptors (Lipinski definition) is 3. The monoisotopic (exact) mass is 282 g/mol. The second-order valence-electron chi connectivity index (χ2n) is 7.86. The van der Waals surface area contributed by atoms with Crippen LogP contribution < -0.4 is 5.32 Å². The Kier molecular flexibility index (Phi) is 5.88. The van der Waals surface area contributed by atoms with Crippen molar-refractivity contribution in [3.05, 3.63) is 0 Å². The topological polar surface area (TPSA) is 24.5 Å². The number of hydrogen-bond donors (Lipinski definition) is 1. The van der Waals surface area contributed by atoms with E-state index in [1.165, 1.54) is 32.1 Å². The van der Waals surface area contributed by atoms with Crippen LogP contribution in [0.1, 0.15) is 52.9 Å². The first-order chi connectivity index (χ1) is 9.47. The molecule has 1 aliphatic heterocycles. The number of rotatable bonds is 3. The molecule has 1 saturated carbocycles. The number of ether oxygens (including phenoxy) is 1. The molecule has 0 aromatic rings. The van der Waals surface area contributed by atoms with E-state index in [-0.39, 0.29) is 0 Å². The van der Waals surface area contributed by atoms with Crippen molar-refractivity contribution >= 4 is 0 Å². The second kappa shape index (κ2) is 7.24. The van der Waals surface area contributed by atoms with E-state index in [1.54, 1.807) is 0 Å². The number of nitrogens with zero attached hydrogens (tertiary/aromatic N) is 1. The molecule has 0 bridgehead atoms. The third-order valence-corrected chi connectivity index (χ3v) is 5.28. The lowest BCUT2D eigenvalue weighted by atomic mass is 9.76. The molecule has 2 fully saturated rings. The summed E-state index contributed by atoms with van der Waals surface area (Å²) in [5, 5.41) is 3.43. The van der Waals surface area contributed by atoms with Gasteiger partial charge >= 0.3 is 0 Å². The maximum absolute atomic E-state index is 5.84. The summed E-state index contributed by atoms with van der Waals surface area (Å²) in [5.41, 5.74) is 0.476. The van der Waals surface area contributed by atoms with Gasteiger partial charge in [0.2, 0.25) is 0 Å². The Morgan fingerprint density at radius 3 is 2.60 bits per heavy atom. The molecule has 3 unspecified atom stereocenters. The SMILES string of the molecule is CN(CC1CNCCO1)C1CCCC(C(C)(C)C)CC1. The van der Waals surface area contributed by atoms with E-state index in [9.17, 15) is 0 Å². The summed E-state index contributed by atoms with van der Waals surface area (Å²) in [4.78, 5) is 2.56. The fourth-order valence-electron chi connectivity index (χ4n) is 3.80. The highest BCUT2D eigenvalue weighted by Crippen LogP contribution is 2.37. The third kappa shape index (κ3) is 4.71. The fraction of sp³-hybridized carbons (Fsp3) is 1.00. The standard InChI is InChI=1S/C17H34N2O/c1-17(2,3)14-6-5-7-15(9-8-14)19(4)13-16-12-18-10-11-20-16/h14-16,18H,5-13H2,1-4H3. The zero-order valence-electron chi connectivity index (χ0n) is 14.0. The summed E-state index contributed by atoms with van der Waals surface area (Å²) < 4.78 is 5.84. The highest BCUT2D eigenvalue weighted by Gasteiger charge is 2.29. The van der Waals surface area contributed by atoms with Gasteiger partial charge < -0.3 is 15.0 Å². The van der Waals surface area contributed by atoms with E-state index in [2.05, 4.69) is 38.0 Å². The van der Waals surface area contributed by atoms with Gasteiger partial charge in [0.05, 0.1) is 12.7 Å². The summed E-state index contributed by atoms with van der Waals surface area (Å²) in [6.45, 7) is 11.2.